The average Bonchev–Trinajstić information content (AvgIpc) is 3.67. The molecule has 11 heteroatoms. The van der Waals surface area contributed by atoms with Crippen LogP contribution < -0.4 is 15.8 Å². The first-order valence-corrected chi connectivity index (χ1v) is 13.9. The van der Waals surface area contributed by atoms with Gasteiger partial charge in [-0.05, 0) is 44.2 Å². The number of nitrogens with one attached hydrogen (secondary N) is 1. The van der Waals surface area contributed by atoms with Crippen LogP contribution in [0.2, 0.25) is 0 Å². The van der Waals surface area contributed by atoms with Gasteiger partial charge in [0.25, 0.3) is 17.4 Å². The molecule has 0 saturated heterocycles. The lowest BCUT2D eigenvalue weighted by molar-refractivity contribution is 0.0934. The molecule has 1 atom stereocenters. The van der Waals surface area contributed by atoms with Crippen molar-refractivity contribution < 1.29 is 9.59 Å². The second kappa shape index (κ2) is 10.1. The number of anilines is 1. The minimum absolute atomic E-state index is 0.281. The Morgan fingerprint density at radius 1 is 1.00 bits per heavy atom. The third-order valence-corrected chi connectivity index (χ3v) is 7.84. The monoisotopic (exact) mass is 582 g/mol. The summed E-state index contributed by atoms with van der Waals surface area (Å²) in [4.78, 5) is 48.2. The summed E-state index contributed by atoms with van der Waals surface area (Å²) < 4.78 is 4.71. The van der Waals surface area contributed by atoms with Crippen molar-refractivity contribution in [3.05, 3.63) is 117 Å². The van der Waals surface area contributed by atoms with Crippen molar-refractivity contribution in [2.45, 2.75) is 19.9 Å². The molecule has 0 saturated carbocycles. The molecule has 44 heavy (non-hydrogen) atoms. The molecule has 0 aliphatic carbocycles. The highest BCUT2D eigenvalue weighted by molar-refractivity contribution is 6.26. The summed E-state index contributed by atoms with van der Waals surface area (Å²) in [6.45, 7) is 3.50. The molecule has 5 heterocycles. The van der Waals surface area contributed by atoms with Crippen LogP contribution in [0.15, 0.2) is 78.1 Å². The van der Waals surface area contributed by atoms with E-state index in [1.807, 2.05) is 18.2 Å². The number of aromatic nitrogens is 6. The molecule has 1 aliphatic heterocycles. The van der Waals surface area contributed by atoms with E-state index >= 15 is 0 Å². The van der Waals surface area contributed by atoms with Gasteiger partial charge in [-0.2, -0.15) is 10.2 Å². The fourth-order valence-electron chi connectivity index (χ4n) is 5.87. The van der Waals surface area contributed by atoms with Crippen LogP contribution in [-0.4, -0.2) is 47.8 Å². The van der Waals surface area contributed by atoms with Gasteiger partial charge in [0.2, 0.25) is 0 Å². The van der Waals surface area contributed by atoms with Crippen molar-refractivity contribution in [2.75, 3.05) is 11.9 Å². The summed E-state index contributed by atoms with van der Waals surface area (Å²) in [5.41, 5.74) is 3.95. The van der Waals surface area contributed by atoms with Crippen molar-refractivity contribution in [3.63, 3.8) is 0 Å². The SMILES string of the molecule is Cc1nn2cccnc2c1C(=O)N[C@H](C)c1c2c3c(ccc(C#Cc4cnn(C)c4)c3c(=O)n1-c1ccccc1)N(C)C2=O. The number of para-hydroxylation sites is 1. The minimum atomic E-state index is -0.763. The van der Waals surface area contributed by atoms with Crippen LogP contribution in [0.1, 0.15) is 56.2 Å². The second-order valence-corrected chi connectivity index (χ2v) is 10.7. The average molecular weight is 583 g/mol. The van der Waals surface area contributed by atoms with Crippen LogP contribution in [0.5, 0.6) is 0 Å². The van der Waals surface area contributed by atoms with Crippen molar-refractivity contribution in [2.24, 2.45) is 7.05 Å². The van der Waals surface area contributed by atoms with Crippen LogP contribution in [0.4, 0.5) is 5.69 Å². The maximum atomic E-state index is 14.6. The number of hydrogen-bond donors (Lipinski definition) is 1. The topological polar surface area (TPSA) is 119 Å². The summed E-state index contributed by atoms with van der Waals surface area (Å²) in [7, 11) is 3.48. The van der Waals surface area contributed by atoms with Crippen LogP contribution in [0.25, 0.3) is 22.1 Å². The number of carbonyl (C=O) groups excluding carboxylic acids is 2. The van der Waals surface area contributed by atoms with Gasteiger partial charge in [0, 0.05) is 49.3 Å². The lowest BCUT2D eigenvalue weighted by Crippen LogP contribution is -2.35. The summed E-state index contributed by atoms with van der Waals surface area (Å²) in [6, 6.07) is 13.6. The van der Waals surface area contributed by atoms with Gasteiger partial charge in [-0.1, -0.05) is 30.0 Å². The van der Waals surface area contributed by atoms with Crippen molar-refractivity contribution in [3.8, 4) is 17.5 Å². The molecule has 0 unspecified atom stereocenters. The summed E-state index contributed by atoms with van der Waals surface area (Å²) in [5.74, 6) is 5.53. The highest BCUT2D eigenvalue weighted by Gasteiger charge is 2.36. The van der Waals surface area contributed by atoms with Gasteiger partial charge in [0.1, 0.15) is 5.56 Å². The number of fused-ring (bicyclic) bond motifs is 1. The number of nitrogens with zero attached hydrogens (tertiary/aromatic N) is 7. The van der Waals surface area contributed by atoms with E-state index in [2.05, 4.69) is 32.3 Å². The van der Waals surface area contributed by atoms with Gasteiger partial charge in [-0.25, -0.2) is 9.50 Å². The maximum absolute atomic E-state index is 14.6. The zero-order chi connectivity index (χ0) is 30.7. The summed E-state index contributed by atoms with van der Waals surface area (Å²) in [6.07, 6.45) is 6.75. The lowest BCUT2D eigenvalue weighted by atomic mass is 9.97. The van der Waals surface area contributed by atoms with Crippen molar-refractivity contribution in [1.82, 2.24) is 34.3 Å². The molecule has 1 N–H and O–H groups in total. The fraction of sp³-hybridized carbons (Fsp3) is 0.152. The predicted octanol–water partition coefficient (Wildman–Crippen LogP) is 3.56. The number of hydrogen-bond acceptors (Lipinski definition) is 6. The number of carbonyl (C=O) groups is 2. The highest BCUT2D eigenvalue weighted by Crippen LogP contribution is 2.40. The zero-order valence-electron chi connectivity index (χ0n) is 24.4. The van der Waals surface area contributed by atoms with Crippen LogP contribution in [0, 0.1) is 18.8 Å². The minimum Gasteiger partial charge on any atom is -0.344 e. The van der Waals surface area contributed by atoms with E-state index < -0.39 is 11.9 Å². The van der Waals surface area contributed by atoms with Crippen LogP contribution in [-0.2, 0) is 7.05 Å². The Bertz CT molecular complexity index is 2290. The maximum Gasteiger partial charge on any atom is 0.264 e. The van der Waals surface area contributed by atoms with E-state index in [4.69, 9.17) is 0 Å². The normalized spacial score (nSPS) is 12.9. The first kappa shape index (κ1) is 26.9. The van der Waals surface area contributed by atoms with E-state index in [1.54, 1.807) is 92.3 Å². The Kier molecular flexibility index (Phi) is 6.14. The van der Waals surface area contributed by atoms with Crippen molar-refractivity contribution >= 4 is 33.9 Å². The number of aryl methyl sites for hydroxylation is 2. The number of amides is 2. The van der Waals surface area contributed by atoms with E-state index in [1.165, 1.54) is 9.47 Å². The van der Waals surface area contributed by atoms with E-state index in [0.717, 1.165) is 0 Å². The number of rotatable bonds is 4. The molecule has 6 aromatic rings. The van der Waals surface area contributed by atoms with Gasteiger partial charge in [-0.3, -0.25) is 23.6 Å². The van der Waals surface area contributed by atoms with Gasteiger partial charge < -0.3 is 10.2 Å². The Morgan fingerprint density at radius 3 is 2.55 bits per heavy atom. The molecule has 7 rings (SSSR count). The fourth-order valence-corrected chi connectivity index (χ4v) is 5.87. The van der Waals surface area contributed by atoms with Gasteiger partial charge in [0.05, 0.1) is 45.8 Å². The first-order valence-electron chi connectivity index (χ1n) is 13.9. The Balaban J connectivity index is 1.47. The van der Waals surface area contributed by atoms with Gasteiger partial charge in [0.15, 0.2) is 5.65 Å². The Morgan fingerprint density at radius 2 is 1.80 bits per heavy atom. The largest absolute Gasteiger partial charge is 0.344 e. The quantitative estimate of drug-likeness (QED) is 0.318. The molecular formula is C33H26N8O3. The molecule has 216 valence electrons. The molecule has 2 aromatic carbocycles. The molecule has 0 bridgehead atoms. The Hall–Kier alpha value is -6.02. The van der Waals surface area contributed by atoms with Crippen LogP contribution in [0.3, 0.4) is 0 Å². The third-order valence-electron chi connectivity index (χ3n) is 7.84. The lowest BCUT2D eigenvalue weighted by Gasteiger charge is -2.23. The Labute approximate surface area is 251 Å². The first-order chi connectivity index (χ1) is 21.2. The zero-order valence-corrected chi connectivity index (χ0v) is 24.4. The van der Waals surface area contributed by atoms with E-state index in [-0.39, 0.29) is 11.5 Å². The van der Waals surface area contributed by atoms with Crippen molar-refractivity contribution in [1.29, 1.82) is 0 Å². The standard InChI is InChI=1S/C33H26N8O3/c1-19-25(30-34-15-8-16-40(30)37-19)31(42)36-20(2)29-28-27-24(39(4)32(28)43)14-13-22(12-11-21-17-35-38(3)18-21)26(27)33(44)41(29)23-9-6-5-7-10-23/h5-10,13-18,20H,1-4H3,(H,36,42)/t20-/m1/s1. The third kappa shape index (κ3) is 4.07. The molecule has 4 aromatic heterocycles. The summed E-state index contributed by atoms with van der Waals surface area (Å²) in [5, 5.41) is 12.5. The molecule has 0 fully saturated rings. The molecular weight excluding hydrogens is 556 g/mol. The summed E-state index contributed by atoms with van der Waals surface area (Å²) >= 11 is 0. The second-order valence-electron chi connectivity index (χ2n) is 10.7. The van der Waals surface area contributed by atoms with E-state index in [9.17, 15) is 14.4 Å². The smallest absolute Gasteiger partial charge is 0.264 e. The number of pyridine rings is 1. The molecule has 2 amide bonds. The van der Waals surface area contributed by atoms with Crippen LogP contribution >= 0.6 is 0 Å². The highest BCUT2D eigenvalue weighted by atomic mass is 16.2. The number of benzene rings is 2. The van der Waals surface area contributed by atoms with E-state index in [0.29, 0.717) is 61.4 Å². The van der Waals surface area contributed by atoms with Gasteiger partial charge >= 0.3 is 0 Å². The predicted molar refractivity (Wildman–Crippen MR) is 165 cm³/mol. The molecule has 0 radical (unpaired) electrons. The molecule has 11 nitrogen and oxygen atoms in total. The molecule has 1 aliphatic rings. The van der Waals surface area contributed by atoms with Gasteiger partial charge in [-0.15, -0.1) is 0 Å². The molecule has 0 spiro atoms.